The van der Waals surface area contributed by atoms with Crippen molar-refractivity contribution >= 4 is 26.8 Å². The van der Waals surface area contributed by atoms with E-state index in [0.29, 0.717) is 20.1 Å². The lowest BCUT2D eigenvalue weighted by atomic mass is 10.2. The first-order chi connectivity index (χ1) is 11.2. The lowest BCUT2D eigenvalue weighted by Gasteiger charge is -2.09. The number of hydrogen-bond acceptors (Lipinski definition) is 2. The standard InChI is InChI=1S/C15H8BrF5N2O/c16-12-6-11(5-8-7-23(14(17)18)22-13(8)12)24-10-3-1-9(2-4-10)15(19,20)21/h1-7,14H. The molecule has 0 radical (unpaired) electrons. The molecule has 0 spiro atoms. The van der Waals surface area contributed by atoms with Gasteiger partial charge in [0, 0.05) is 16.1 Å². The highest BCUT2D eigenvalue weighted by Gasteiger charge is 2.30. The van der Waals surface area contributed by atoms with Gasteiger partial charge in [0.2, 0.25) is 0 Å². The van der Waals surface area contributed by atoms with E-state index in [1.54, 1.807) is 0 Å². The minimum Gasteiger partial charge on any atom is -0.457 e. The number of benzene rings is 2. The molecule has 0 aliphatic carbocycles. The second-order valence-electron chi connectivity index (χ2n) is 4.85. The fourth-order valence-electron chi connectivity index (χ4n) is 2.09. The molecule has 0 unspecified atom stereocenters. The Morgan fingerprint density at radius 1 is 1.04 bits per heavy atom. The zero-order valence-corrected chi connectivity index (χ0v) is 13.3. The molecule has 0 atom stereocenters. The van der Waals surface area contributed by atoms with Crippen molar-refractivity contribution in [3.63, 3.8) is 0 Å². The molecular weight excluding hydrogens is 399 g/mol. The van der Waals surface area contributed by atoms with E-state index >= 15 is 0 Å². The molecule has 1 aromatic heterocycles. The highest BCUT2D eigenvalue weighted by Crippen LogP contribution is 2.34. The van der Waals surface area contributed by atoms with Crippen molar-refractivity contribution in [3.8, 4) is 11.5 Å². The van der Waals surface area contributed by atoms with Gasteiger partial charge in [-0.2, -0.15) is 27.1 Å². The van der Waals surface area contributed by atoms with Gasteiger partial charge in [-0.3, -0.25) is 0 Å². The third kappa shape index (κ3) is 3.35. The Hall–Kier alpha value is -2.16. The first-order valence-electron chi connectivity index (χ1n) is 6.56. The van der Waals surface area contributed by atoms with E-state index in [-0.39, 0.29) is 11.5 Å². The third-order valence-corrected chi connectivity index (χ3v) is 3.78. The number of hydrogen-bond donors (Lipinski definition) is 0. The van der Waals surface area contributed by atoms with Crippen molar-refractivity contribution in [3.05, 3.63) is 52.6 Å². The molecule has 0 bridgehead atoms. The minimum atomic E-state index is -4.43. The van der Waals surface area contributed by atoms with Crippen LogP contribution in [0.4, 0.5) is 22.0 Å². The number of nitrogens with zero attached hydrogens (tertiary/aromatic N) is 2. The number of aromatic nitrogens is 2. The molecule has 2 aromatic carbocycles. The molecule has 0 fully saturated rings. The van der Waals surface area contributed by atoms with Crippen molar-refractivity contribution < 1.29 is 26.7 Å². The molecule has 9 heteroatoms. The summed E-state index contributed by atoms with van der Waals surface area (Å²) in [6.07, 6.45) is -3.27. The van der Waals surface area contributed by atoms with Gasteiger partial charge in [-0.15, -0.1) is 0 Å². The molecular formula is C15H8BrF5N2O. The highest BCUT2D eigenvalue weighted by molar-refractivity contribution is 9.10. The number of rotatable bonds is 3. The van der Waals surface area contributed by atoms with E-state index in [9.17, 15) is 22.0 Å². The summed E-state index contributed by atoms with van der Waals surface area (Å²) in [6, 6.07) is 7.15. The van der Waals surface area contributed by atoms with E-state index in [1.165, 1.54) is 24.3 Å². The fourth-order valence-corrected chi connectivity index (χ4v) is 2.63. The Balaban J connectivity index is 1.90. The lowest BCUT2D eigenvalue weighted by molar-refractivity contribution is -0.137. The normalized spacial score (nSPS) is 12.1. The SMILES string of the molecule is FC(F)n1cc2cc(Oc3ccc(C(F)(F)F)cc3)cc(Br)c2n1. The van der Waals surface area contributed by atoms with Gasteiger partial charge in [-0.25, -0.2) is 4.68 Å². The highest BCUT2D eigenvalue weighted by atomic mass is 79.9. The number of ether oxygens (including phenoxy) is 1. The second kappa shape index (κ2) is 6.04. The summed E-state index contributed by atoms with van der Waals surface area (Å²) in [5, 5.41) is 4.15. The van der Waals surface area contributed by atoms with Crippen LogP contribution in [0.2, 0.25) is 0 Å². The predicted octanol–water partition coefficient (Wildman–Crippen LogP) is 6.01. The molecule has 0 saturated heterocycles. The zero-order chi connectivity index (χ0) is 17.5. The molecule has 0 saturated carbocycles. The van der Waals surface area contributed by atoms with Gasteiger partial charge in [0.1, 0.15) is 17.0 Å². The smallest absolute Gasteiger partial charge is 0.416 e. The van der Waals surface area contributed by atoms with Crippen LogP contribution in [-0.4, -0.2) is 9.78 Å². The quantitative estimate of drug-likeness (QED) is 0.498. The van der Waals surface area contributed by atoms with Crippen LogP contribution in [0.5, 0.6) is 11.5 Å². The van der Waals surface area contributed by atoms with Gasteiger partial charge in [0.05, 0.1) is 5.56 Å². The van der Waals surface area contributed by atoms with Crippen molar-refractivity contribution in [2.45, 2.75) is 12.7 Å². The third-order valence-electron chi connectivity index (χ3n) is 3.17. The summed E-state index contributed by atoms with van der Waals surface area (Å²) in [7, 11) is 0. The van der Waals surface area contributed by atoms with Crippen molar-refractivity contribution in [2.75, 3.05) is 0 Å². The van der Waals surface area contributed by atoms with E-state index in [4.69, 9.17) is 4.74 Å². The van der Waals surface area contributed by atoms with E-state index in [0.717, 1.165) is 18.3 Å². The van der Waals surface area contributed by atoms with Gasteiger partial charge >= 0.3 is 12.7 Å². The van der Waals surface area contributed by atoms with Crippen LogP contribution in [-0.2, 0) is 6.18 Å². The second-order valence-corrected chi connectivity index (χ2v) is 5.71. The molecule has 3 aromatic rings. The van der Waals surface area contributed by atoms with Gasteiger partial charge in [0.25, 0.3) is 0 Å². The van der Waals surface area contributed by atoms with Crippen LogP contribution in [0, 0.1) is 0 Å². The predicted molar refractivity (Wildman–Crippen MR) is 80.2 cm³/mol. The van der Waals surface area contributed by atoms with Crippen molar-refractivity contribution in [1.29, 1.82) is 0 Å². The molecule has 0 amide bonds. The molecule has 0 aliphatic heterocycles. The molecule has 3 nitrogen and oxygen atoms in total. The van der Waals surface area contributed by atoms with Gasteiger partial charge in [0.15, 0.2) is 0 Å². The largest absolute Gasteiger partial charge is 0.457 e. The van der Waals surface area contributed by atoms with E-state index < -0.39 is 18.3 Å². The summed E-state index contributed by atoms with van der Waals surface area (Å²) < 4.78 is 69.4. The summed E-state index contributed by atoms with van der Waals surface area (Å²) in [5.74, 6) is 0.471. The Morgan fingerprint density at radius 3 is 2.29 bits per heavy atom. The van der Waals surface area contributed by atoms with Crippen LogP contribution in [0.3, 0.4) is 0 Å². The van der Waals surface area contributed by atoms with E-state index in [1.807, 2.05) is 0 Å². The van der Waals surface area contributed by atoms with Crippen LogP contribution in [0.25, 0.3) is 10.9 Å². The average molecular weight is 407 g/mol. The number of halogens is 6. The Kier molecular flexibility index (Phi) is 4.20. The van der Waals surface area contributed by atoms with Crippen LogP contribution in [0.1, 0.15) is 12.1 Å². The maximum atomic E-state index is 12.7. The first kappa shape index (κ1) is 16.7. The number of fused-ring (bicyclic) bond motifs is 1. The van der Waals surface area contributed by atoms with E-state index in [2.05, 4.69) is 21.0 Å². The summed E-state index contributed by atoms with van der Waals surface area (Å²) in [4.78, 5) is 0. The summed E-state index contributed by atoms with van der Waals surface area (Å²) >= 11 is 3.21. The Labute approximate surface area is 140 Å². The zero-order valence-electron chi connectivity index (χ0n) is 11.7. The minimum absolute atomic E-state index is 0.190. The Morgan fingerprint density at radius 2 is 1.71 bits per heavy atom. The molecule has 1 heterocycles. The van der Waals surface area contributed by atoms with Crippen molar-refractivity contribution in [1.82, 2.24) is 9.78 Å². The summed E-state index contributed by atoms with van der Waals surface area (Å²) in [5.41, 5.74) is -0.459. The van der Waals surface area contributed by atoms with Crippen LogP contribution >= 0.6 is 15.9 Å². The number of alkyl halides is 5. The molecule has 0 N–H and O–H groups in total. The molecule has 3 rings (SSSR count). The topological polar surface area (TPSA) is 27.1 Å². The summed E-state index contributed by atoms with van der Waals surface area (Å²) in [6.45, 7) is -2.77. The van der Waals surface area contributed by atoms with Gasteiger partial charge in [-0.1, -0.05) is 0 Å². The first-order valence-corrected chi connectivity index (χ1v) is 7.35. The average Bonchev–Trinajstić information content (AvgIpc) is 2.92. The lowest BCUT2D eigenvalue weighted by Crippen LogP contribution is -2.03. The molecule has 24 heavy (non-hydrogen) atoms. The van der Waals surface area contributed by atoms with Crippen LogP contribution in [0.15, 0.2) is 47.1 Å². The monoisotopic (exact) mass is 406 g/mol. The maximum absolute atomic E-state index is 12.7. The molecule has 0 aliphatic rings. The maximum Gasteiger partial charge on any atom is 0.416 e. The fraction of sp³-hybridized carbons (Fsp3) is 0.133. The van der Waals surface area contributed by atoms with Gasteiger partial charge in [-0.05, 0) is 52.3 Å². The van der Waals surface area contributed by atoms with Crippen LogP contribution < -0.4 is 4.74 Å². The Bertz CT molecular complexity index is 874. The molecule has 126 valence electrons. The van der Waals surface area contributed by atoms with Gasteiger partial charge < -0.3 is 4.74 Å². The van der Waals surface area contributed by atoms with Crippen molar-refractivity contribution in [2.24, 2.45) is 0 Å².